The summed E-state index contributed by atoms with van der Waals surface area (Å²) in [6.45, 7) is 13.8. The molecular formula is C71H88F2N10O22S2. The number of likely N-dealkylation sites (tertiary alicyclic amines) is 1. The second kappa shape index (κ2) is 35.7. The summed E-state index contributed by atoms with van der Waals surface area (Å²) in [4.78, 5) is 118. The fourth-order valence-electron chi connectivity index (χ4n) is 12.6. The molecule has 4 aliphatic heterocycles. The number of hydrogen-bond donors (Lipinski definition) is 9. The fourth-order valence-corrected chi connectivity index (χ4v) is 15.0. The number of nitrogens with one attached hydrogen (secondary N) is 7. The highest BCUT2D eigenvalue weighted by Crippen LogP contribution is 2.47. The molecule has 0 unspecified atom stereocenters. The number of carboxylic acid groups (broad SMARTS) is 2. The predicted molar refractivity (Wildman–Crippen MR) is 376 cm³/mol. The Morgan fingerprint density at radius 2 is 1.03 bits per heavy atom. The Morgan fingerprint density at radius 3 is 1.47 bits per heavy atom. The first-order valence-corrected chi connectivity index (χ1v) is 37.4. The van der Waals surface area contributed by atoms with Gasteiger partial charge < -0.3 is 70.0 Å². The van der Waals surface area contributed by atoms with Gasteiger partial charge >= 0.3 is 30.2 Å². The number of carbonyl (C=O) groups excluding carboxylic acids is 7. The number of sulfonamides is 2. The molecule has 4 aromatic rings. The summed E-state index contributed by atoms with van der Waals surface area (Å²) in [7, 11) is -8.90. The maximum absolute atomic E-state index is 14.3. The highest BCUT2D eigenvalue weighted by atomic mass is 32.2. The van der Waals surface area contributed by atoms with Crippen molar-refractivity contribution < 1.29 is 112 Å². The van der Waals surface area contributed by atoms with Crippen molar-refractivity contribution in [1.82, 2.24) is 40.1 Å². The van der Waals surface area contributed by atoms with E-state index in [1.54, 1.807) is 57.2 Å². The van der Waals surface area contributed by atoms with Crippen molar-refractivity contribution in [1.29, 1.82) is 0 Å². The van der Waals surface area contributed by atoms with Crippen molar-refractivity contribution in [3.8, 4) is 0 Å². The third kappa shape index (κ3) is 21.3. The van der Waals surface area contributed by atoms with Gasteiger partial charge in [0.05, 0.1) is 50.3 Å². The molecule has 10 rings (SSSR count). The van der Waals surface area contributed by atoms with E-state index in [-0.39, 0.29) is 145 Å². The number of halogens is 2. The molecule has 6 aliphatic rings. The van der Waals surface area contributed by atoms with Gasteiger partial charge in [-0.25, -0.2) is 59.0 Å². The number of para-hydroxylation sites is 2. The van der Waals surface area contributed by atoms with Gasteiger partial charge in [0.15, 0.2) is 0 Å². The number of amides is 7. The van der Waals surface area contributed by atoms with Crippen LogP contribution in [-0.4, -0.2) is 216 Å². The number of hydrogen-bond acceptors (Lipinski definition) is 23. The summed E-state index contributed by atoms with van der Waals surface area (Å²) in [5.74, 6) is -7.44. The zero-order chi connectivity index (χ0) is 77.4. The van der Waals surface area contributed by atoms with Gasteiger partial charge in [-0.1, -0.05) is 60.7 Å². The average Bonchev–Trinajstić information content (AvgIpc) is 1.58. The van der Waals surface area contributed by atoms with E-state index in [0.29, 0.717) is 41.7 Å². The van der Waals surface area contributed by atoms with Crippen molar-refractivity contribution in [3.63, 3.8) is 0 Å². The molecule has 580 valence electrons. The highest BCUT2D eigenvalue weighted by Gasteiger charge is 2.63. The van der Waals surface area contributed by atoms with E-state index < -0.39 is 139 Å². The van der Waals surface area contributed by atoms with Crippen molar-refractivity contribution >= 4 is 85.3 Å². The molecule has 2 saturated carbocycles. The zero-order valence-corrected chi connectivity index (χ0v) is 60.8. The van der Waals surface area contributed by atoms with Gasteiger partial charge in [0.2, 0.25) is 11.8 Å². The Labute approximate surface area is 616 Å². The molecule has 4 aromatic carbocycles. The molecule has 2 aliphatic carbocycles. The molecule has 2 saturated heterocycles. The topological polar surface area (TPSA) is 421 Å². The molecular weight excluding hydrogens is 1450 g/mol. The number of carboxylic acids is 2. The summed E-state index contributed by atoms with van der Waals surface area (Å²) in [5, 5.41) is 31.5. The Hall–Kier alpha value is -9.85. The number of nitrogens with zero attached hydrogens (tertiary/aromatic N) is 3. The van der Waals surface area contributed by atoms with Crippen molar-refractivity contribution in [2.75, 3.05) is 89.7 Å². The third-order valence-corrected chi connectivity index (χ3v) is 20.9. The van der Waals surface area contributed by atoms with E-state index in [2.05, 4.69) is 49.2 Å². The molecule has 32 nitrogen and oxygen atoms in total. The van der Waals surface area contributed by atoms with Crippen molar-refractivity contribution in [2.45, 2.75) is 136 Å². The smallest absolute Gasteiger partial charge is 0.411 e. The molecule has 8 atom stereocenters. The second-order valence-corrected chi connectivity index (χ2v) is 30.4. The lowest BCUT2D eigenvalue weighted by Crippen LogP contribution is -2.56. The maximum atomic E-state index is 14.3. The Balaban J connectivity index is 0.000000249. The minimum absolute atomic E-state index is 0.0132. The highest BCUT2D eigenvalue weighted by molar-refractivity contribution is 7.90. The largest absolute Gasteiger partial charge is 0.480 e. The number of carbonyl (C=O) groups is 9. The number of rotatable bonds is 34. The van der Waals surface area contributed by atoms with Gasteiger partial charge in [0.1, 0.15) is 69.6 Å². The SMILES string of the molecule is C=C[C@@H]1C[C@]1(NC(=O)[C@@H]1C[C@@H](OC(=O)N2Cc3cccc(F)c3C2)CN1)C(=O)NS(=O)(=O)c1ccccc1NCCOCCCOCC(=O)O.C=C[C@@H]1C[C@]1(NC(=O)[C@@H]1C[C@@H](OC(=O)N2Cc3cccc(F)c3C2)CN1C(=O)OC(C)(C)C)C(=O)NS(=O)(=O)c1ccccc1NCCOCCCOCC(=O)O. The number of aliphatic carboxylic acids is 2. The summed E-state index contributed by atoms with van der Waals surface area (Å²) in [5.41, 5.74) is -1.64. The predicted octanol–water partition coefficient (Wildman–Crippen LogP) is 4.64. The lowest BCUT2D eigenvalue weighted by Gasteiger charge is -2.29. The van der Waals surface area contributed by atoms with Crippen LogP contribution in [0, 0.1) is 23.5 Å². The van der Waals surface area contributed by atoms with Crippen LogP contribution in [0.3, 0.4) is 0 Å². The Kier molecular flexibility index (Phi) is 27.1. The van der Waals surface area contributed by atoms with Crippen LogP contribution < -0.4 is 36.0 Å². The summed E-state index contributed by atoms with van der Waals surface area (Å²) in [6.07, 6.45) is 0.0510. The third-order valence-electron chi connectivity index (χ3n) is 18.1. The van der Waals surface area contributed by atoms with Gasteiger partial charge in [-0.05, 0) is 94.0 Å². The molecule has 4 fully saturated rings. The van der Waals surface area contributed by atoms with Gasteiger partial charge in [-0.3, -0.25) is 33.9 Å². The van der Waals surface area contributed by atoms with E-state index in [0.717, 1.165) is 4.90 Å². The Morgan fingerprint density at radius 1 is 0.579 bits per heavy atom. The standard InChI is InChI=1S/C38H48FN5O12S.C33H40FN5O10S/c1-5-25-19-38(25,34(48)42-57(51,52)31-13-7-6-12-29(31)40-14-17-53-15-9-16-54-23-32(45)46)41-33(47)30-18-26(21-44(30)36(50)56-37(2,3)4)55-35(49)43-20-24-10-8-11-28(39)27(24)22-43;1-2-22-16-33(22,37-30(42)27-15-23(17-36-27)49-32(44)39-18-21-7-5-8-25(34)24(21)19-39)31(43)38-50(45,46)28-10-4-3-9-26(28)35-11-14-47-12-6-13-48-20-29(40)41/h5-8,10-13,25-26,30,40H,1,9,14-23H2,2-4H3,(H,41,47)(H,42,48)(H,45,46);2-5,7-10,22-23,27,35-36H,1,6,11-20H2,(H,37,42)(H,38,43)(H,40,41)/t25-,26-,30+,38-;22-,23-,27+,33-/m11/s1. The van der Waals surface area contributed by atoms with Crippen LogP contribution in [0.2, 0.25) is 0 Å². The molecule has 0 spiro atoms. The molecule has 0 radical (unpaired) electrons. The molecule has 36 heteroatoms. The minimum Gasteiger partial charge on any atom is -0.480 e. The summed E-state index contributed by atoms with van der Waals surface area (Å²) >= 11 is 0. The van der Waals surface area contributed by atoms with Crippen LogP contribution in [0.1, 0.15) is 81.5 Å². The lowest BCUT2D eigenvalue weighted by molar-refractivity contribution is -0.143. The van der Waals surface area contributed by atoms with E-state index >= 15 is 0 Å². The normalized spacial score (nSPS) is 21.8. The van der Waals surface area contributed by atoms with E-state index in [1.165, 1.54) is 70.5 Å². The van der Waals surface area contributed by atoms with E-state index in [1.807, 2.05) is 0 Å². The van der Waals surface area contributed by atoms with Gasteiger partial charge in [-0.2, -0.15) is 0 Å². The number of anilines is 2. The molecule has 0 bridgehead atoms. The van der Waals surface area contributed by atoms with Crippen LogP contribution in [0.4, 0.5) is 34.5 Å². The van der Waals surface area contributed by atoms with Crippen LogP contribution in [0.5, 0.6) is 0 Å². The first kappa shape index (κ1) is 81.2. The summed E-state index contributed by atoms with van der Waals surface area (Å²) in [6, 6.07) is 19.0. The number of fused-ring (bicyclic) bond motifs is 2. The van der Waals surface area contributed by atoms with Crippen LogP contribution in [-0.2, 0) is 108 Å². The van der Waals surface area contributed by atoms with Crippen LogP contribution in [0.25, 0.3) is 0 Å². The van der Waals surface area contributed by atoms with Crippen molar-refractivity contribution in [2.24, 2.45) is 11.8 Å². The molecule has 7 amide bonds. The fraction of sp³-hybridized carbons (Fsp3) is 0.479. The number of benzene rings is 4. The van der Waals surface area contributed by atoms with Crippen LogP contribution >= 0.6 is 0 Å². The second-order valence-electron chi connectivity index (χ2n) is 27.1. The number of ether oxygens (including phenoxy) is 7. The van der Waals surface area contributed by atoms with E-state index in [9.17, 15) is 68.8 Å². The lowest BCUT2D eigenvalue weighted by atomic mass is 10.1. The van der Waals surface area contributed by atoms with Crippen molar-refractivity contribution in [3.05, 3.63) is 144 Å². The first-order valence-electron chi connectivity index (χ1n) is 34.5. The van der Waals surface area contributed by atoms with Gasteiger partial charge in [0, 0.05) is 95.0 Å². The average molecular weight is 1540 g/mol. The van der Waals surface area contributed by atoms with Gasteiger partial charge in [0.25, 0.3) is 31.9 Å². The molecule has 0 aromatic heterocycles. The minimum atomic E-state index is -4.51. The first-order chi connectivity index (χ1) is 50.9. The van der Waals surface area contributed by atoms with Gasteiger partial charge in [-0.15, -0.1) is 13.2 Å². The Bertz CT molecular complexity index is 4230. The molecule has 107 heavy (non-hydrogen) atoms. The maximum Gasteiger partial charge on any atom is 0.411 e. The quantitative estimate of drug-likeness (QED) is 0.0175. The summed E-state index contributed by atoms with van der Waals surface area (Å²) < 4.78 is 124. The molecule has 4 heterocycles. The van der Waals surface area contributed by atoms with E-state index in [4.69, 9.17) is 43.4 Å². The van der Waals surface area contributed by atoms with Crippen LogP contribution in [0.15, 0.2) is 120 Å². The molecule has 9 N–H and O–H groups in total. The monoisotopic (exact) mass is 1530 g/mol. The zero-order valence-electron chi connectivity index (χ0n) is 59.1.